The number of rotatable bonds is 6. The molecule has 4 rings (SSSR count). The Bertz CT molecular complexity index is 883. The van der Waals surface area contributed by atoms with E-state index in [4.69, 9.17) is 0 Å². The summed E-state index contributed by atoms with van der Waals surface area (Å²) < 4.78 is 25.7. The minimum Gasteiger partial charge on any atom is -0.298 e. The number of sulfonamides is 1. The standard InChI is InChI=1S/C21H26N2O2S/c1-3-21(17-10-7-11-18(12-17)22-26(2,24)25)19-14-23(15-20(19)21)13-16-8-5-4-6-9-16/h4-12,19-20,22H,3,13-15H2,1-2H3. The zero-order valence-electron chi connectivity index (χ0n) is 15.4. The van der Waals surface area contributed by atoms with Gasteiger partial charge in [-0.25, -0.2) is 8.42 Å². The molecule has 0 amide bonds. The quantitative estimate of drug-likeness (QED) is 0.847. The lowest BCUT2D eigenvalue weighted by molar-refractivity contribution is 0.262. The Hall–Kier alpha value is -1.85. The molecule has 2 atom stereocenters. The molecular weight excluding hydrogens is 344 g/mol. The average molecular weight is 371 g/mol. The molecule has 26 heavy (non-hydrogen) atoms. The van der Waals surface area contributed by atoms with E-state index in [1.165, 1.54) is 17.4 Å². The van der Waals surface area contributed by atoms with Crippen LogP contribution in [0.3, 0.4) is 0 Å². The van der Waals surface area contributed by atoms with Crippen molar-refractivity contribution in [3.63, 3.8) is 0 Å². The van der Waals surface area contributed by atoms with Crippen molar-refractivity contribution in [3.05, 3.63) is 65.7 Å². The van der Waals surface area contributed by atoms with Gasteiger partial charge >= 0.3 is 0 Å². The summed E-state index contributed by atoms with van der Waals surface area (Å²) in [4.78, 5) is 2.55. The first kappa shape index (κ1) is 17.6. The van der Waals surface area contributed by atoms with Crippen molar-refractivity contribution in [2.75, 3.05) is 24.1 Å². The van der Waals surface area contributed by atoms with Crippen LogP contribution in [-0.4, -0.2) is 32.7 Å². The first-order valence-corrected chi connectivity index (χ1v) is 11.2. The van der Waals surface area contributed by atoms with E-state index < -0.39 is 10.0 Å². The average Bonchev–Trinajstić information content (AvgIpc) is 2.98. The summed E-state index contributed by atoms with van der Waals surface area (Å²) in [7, 11) is -3.25. The summed E-state index contributed by atoms with van der Waals surface area (Å²) in [5.41, 5.74) is 3.53. The summed E-state index contributed by atoms with van der Waals surface area (Å²) >= 11 is 0. The summed E-state index contributed by atoms with van der Waals surface area (Å²) in [6.45, 7) is 5.52. The Morgan fingerprint density at radius 2 is 1.77 bits per heavy atom. The molecule has 1 N–H and O–H groups in total. The predicted molar refractivity (Wildman–Crippen MR) is 106 cm³/mol. The van der Waals surface area contributed by atoms with Crippen molar-refractivity contribution in [2.45, 2.75) is 25.3 Å². The monoisotopic (exact) mass is 370 g/mol. The van der Waals surface area contributed by atoms with E-state index in [0.717, 1.165) is 26.1 Å². The van der Waals surface area contributed by atoms with Gasteiger partial charge in [0.15, 0.2) is 0 Å². The molecule has 4 nitrogen and oxygen atoms in total. The second-order valence-electron chi connectivity index (χ2n) is 7.74. The third kappa shape index (κ3) is 3.14. The van der Waals surface area contributed by atoms with Gasteiger partial charge in [-0.1, -0.05) is 49.4 Å². The molecule has 2 aromatic carbocycles. The lowest BCUT2D eigenvalue weighted by Gasteiger charge is -2.27. The van der Waals surface area contributed by atoms with Crippen LogP contribution in [0.15, 0.2) is 54.6 Å². The summed E-state index contributed by atoms with van der Waals surface area (Å²) in [6, 6.07) is 18.6. The second kappa shape index (κ2) is 6.39. The van der Waals surface area contributed by atoms with Gasteiger partial charge in [-0.2, -0.15) is 0 Å². The minimum atomic E-state index is -3.25. The maximum atomic E-state index is 11.5. The van der Waals surface area contributed by atoms with Crippen LogP contribution in [0, 0.1) is 11.8 Å². The molecule has 1 heterocycles. The van der Waals surface area contributed by atoms with E-state index in [9.17, 15) is 8.42 Å². The minimum absolute atomic E-state index is 0.211. The molecular formula is C21H26N2O2S. The van der Waals surface area contributed by atoms with E-state index in [1.807, 2.05) is 18.2 Å². The maximum absolute atomic E-state index is 11.5. The van der Waals surface area contributed by atoms with Crippen LogP contribution in [0.5, 0.6) is 0 Å². The highest BCUT2D eigenvalue weighted by atomic mass is 32.2. The molecule has 1 saturated carbocycles. The SMILES string of the molecule is CCC1(c2cccc(NS(C)(=O)=O)c2)C2CN(Cc3ccccc3)CC21. The Labute approximate surface area is 156 Å². The number of anilines is 1. The van der Waals surface area contributed by atoms with Crippen molar-refractivity contribution in [1.82, 2.24) is 4.90 Å². The summed E-state index contributed by atoms with van der Waals surface area (Å²) in [5, 5.41) is 0. The third-order valence-electron chi connectivity index (χ3n) is 6.15. The van der Waals surface area contributed by atoms with E-state index in [1.54, 1.807) is 0 Å². The molecule has 1 aliphatic heterocycles. The predicted octanol–water partition coefficient (Wildman–Crippen LogP) is 3.47. The van der Waals surface area contributed by atoms with Crippen LogP contribution in [0.2, 0.25) is 0 Å². The number of benzene rings is 2. The van der Waals surface area contributed by atoms with Crippen LogP contribution < -0.4 is 4.72 Å². The van der Waals surface area contributed by atoms with Crippen molar-refractivity contribution in [1.29, 1.82) is 0 Å². The number of nitrogens with zero attached hydrogens (tertiary/aromatic N) is 1. The van der Waals surface area contributed by atoms with Gasteiger partial charge in [0.05, 0.1) is 6.26 Å². The van der Waals surface area contributed by atoms with Crippen LogP contribution >= 0.6 is 0 Å². The highest BCUT2D eigenvalue weighted by molar-refractivity contribution is 7.92. The molecule has 2 aromatic rings. The molecule has 0 radical (unpaired) electrons. The van der Waals surface area contributed by atoms with E-state index in [2.05, 4.69) is 52.9 Å². The first-order chi connectivity index (χ1) is 12.4. The Balaban J connectivity index is 1.49. The van der Waals surface area contributed by atoms with Crippen LogP contribution in [0.25, 0.3) is 0 Å². The first-order valence-electron chi connectivity index (χ1n) is 9.27. The van der Waals surface area contributed by atoms with E-state index in [0.29, 0.717) is 17.5 Å². The Kier molecular flexibility index (Phi) is 4.32. The molecule has 1 saturated heterocycles. The molecule has 0 aromatic heterocycles. The fraction of sp³-hybridized carbons (Fsp3) is 0.429. The van der Waals surface area contributed by atoms with Gasteiger partial charge in [0.25, 0.3) is 0 Å². The highest BCUT2D eigenvalue weighted by Gasteiger charge is 2.67. The highest BCUT2D eigenvalue weighted by Crippen LogP contribution is 2.65. The molecule has 138 valence electrons. The number of hydrogen-bond donors (Lipinski definition) is 1. The van der Waals surface area contributed by atoms with Gasteiger partial charge in [-0.3, -0.25) is 9.62 Å². The third-order valence-corrected chi connectivity index (χ3v) is 6.75. The van der Waals surface area contributed by atoms with Gasteiger partial charge in [0, 0.05) is 30.7 Å². The smallest absolute Gasteiger partial charge is 0.229 e. The number of likely N-dealkylation sites (tertiary alicyclic amines) is 1. The molecule has 1 aliphatic carbocycles. The van der Waals surface area contributed by atoms with Gasteiger partial charge in [-0.05, 0) is 41.5 Å². The van der Waals surface area contributed by atoms with E-state index >= 15 is 0 Å². The second-order valence-corrected chi connectivity index (χ2v) is 9.49. The lowest BCUT2D eigenvalue weighted by atomic mass is 9.87. The molecule has 2 aliphatic rings. The molecule has 0 bridgehead atoms. The number of piperidine rings is 1. The van der Waals surface area contributed by atoms with Crippen molar-refractivity contribution in [3.8, 4) is 0 Å². The number of fused-ring (bicyclic) bond motifs is 1. The Morgan fingerprint density at radius 1 is 1.08 bits per heavy atom. The zero-order valence-corrected chi connectivity index (χ0v) is 16.2. The van der Waals surface area contributed by atoms with Gasteiger partial charge in [0.2, 0.25) is 10.0 Å². The molecule has 2 fully saturated rings. The van der Waals surface area contributed by atoms with Crippen molar-refractivity contribution < 1.29 is 8.42 Å². The molecule has 0 spiro atoms. The summed E-state index contributed by atoms with van der Waals surface area (Å²) in [6.07, 6.45) is 2.30. The zero-order chi connectivity index (χ0) is 18.4. The van der Waals surface area contributed by atoms with Crippen molar-refractivity contribution >= 4 is 15.7 Å². The number of hydrogen-bond acceptors (Lipinski definition) is 3. The van der Waals surface area contributed by atoms with Crippen LogP contribution in [0.1, 0.15) is 24.5 Å². The van der Waals surface area contributed by atoms with Crippen molar-refractivity contribution in [2.24, 2.45) is 11.8 Å². The number of nitrogens with one attached hydrogen (secondary N) is 1. The van der Waals surface area contributed by atoms with Gasteiger partial charge in [-0.15, -0.1) is 0 Å². The fourth-order valence-corrected chi connectivity index (χ4v) is 5.58. The summed E-state index contributed by atoms with van der Waals surface area (Å²) in [5.74, 6) is 1.34. The molecule has 5 heteroatoms. The van der Waals surface area contributed by atoms with E-state index in [-0.39, 0.29) is 5.41 Å². The molecule has 2 unspecified atom stereocenters. The Morgan fingerprint density at radius 3 is 2.38 bits per heavy atom. The largest absolute Gasteiger partial charge is 0.298 e. The maximum Gasteiger partial charge on any atom is 0.229 e. The van der Waals surface area contributed by atoms with Gasteiger partial charge < -0.3 is 0 Å². The lowest BCUT2D eigenvalue weighted by Crippen LogP contribution is -2.29. The van der Waals surface area contributed by atoms with Crippen LogP contribution in [0.4, 0.5) is 5.69 Å². The topological polar surface area (TPSA) is 49.4 Å². The fourth-order valence-electron chi connectivity index (χ4n) is 5.03. The normalized spacial score (nSPS) is 27.9. The van der Waals surface area contributed by atoms with Gasteiger partial charge in [0.1, 0.15) is 0 Å². The van der Waals surface area contributed by atoms with Crippen LogP contribution in [-0.2, 0) is 22.0 Å².